The molecule has 0 bridgehead atoms. The van der Waals surface area contributed by atoms with Crippen LogP contribution in [0.3, 0.4) is 0 Å². The van der Waals surface area contributed by atoms with Crippen molar-refractivity contribution < 1.29 is 54.9 Å². The Morgan fingerprint density at radius 3 is 1.43 bits per heavy atom. The summed E-state index contributed by atoms with van der Waals surface area (Å²) in [5, 5.41) is 0. The molecule has 2 rings (SSSR count). The molecule has 2 aliphatic carbocycles. The second-order valence-corrected chi connectivity index (χ2v) is 26.3. The summed E-state index contributed by atoms with van der Waals surface area (Å²) in [4.78, 5) is 0. The summed E-state index contributed by atoms with van der Waals surface area (Å²) in [6.45, 7) is 20.2. The Morgan fingerprint density at radius 2 is 1.13 bits per heavy atom. The Bertz CT molecular complexity index is 679. The molecule has 0 unspecified atom stereocenters. The van der Waals surface area contributed by atoms with Crippen molar-refractivity contribution in [1.82, 2.24) is 0 Å². The average molecular weight is 567 g/mol. The van der Waals surface area contributed by atoms with Gasteiger partial charge in [-0.05, 0) is 0 Å². The third-order valence-corrected chi connectivity index (χ3v) is 15.1. The largest absolute Gasteiger partial charge is 1.00 e. The summed E-state index contributed by atoms with van der Waals surface area (Å²) in [5.74, 6) is 0. The summed E-state index contributed by atoms with van der Waals surface area (Å²) in [5.41, 5.74) is 3.18. The third-order valence-electron chi connectivity index (χ3n) is 4.97. The molecule has 0 heterocycles. The first kappa shape index (κ1) is 30.6. The zero-order valence-corrected chi connectivity index (χ0v) is 26.1. The molecule has 0 saturated carbocycles. The molecular formula is C23H40Cl2O2Si2Zr. The van der Waals surface area contributed by atoms with E-state index in [1.165, 1.54) is 12.8 Å². The van der Waals surface area contributed by atoms with Crippen LogP contribution in [0.2, 0.25) is 39.3 Å². The molecule has 7 heteroatoms. The van der Waals surface area contributed by atoms with Crippen molar-refractivity contribution >= 4 is 19.8 Å². The summed E-state index contributed by atoms with van der Waals surface area (Å²) in [6.07, 6.45) is 14.1. The van der Waals surface area contributed by atoms with Crippen LogP contribution in [0, 0.1) is 0 Å². The van der Waals surface area contributed by atoms with Crippen molar-refractivity contribution in [2.75, 3.05) is 13.2 Å². The molecule has 0 N–H and O–H groups in total. The topological polar surface area (TPSA) is 18.5 Å². The Morgan fingerprint density at radius 1 is 0.767 bits per heavy atom. The van der Waals surface area contributed by atoms with Crippen molar-refractivity contribution in [3.8, 4) is 0 Å². The molecule has 0 atom stereocenters. The molecule has 0 aromatic carbocycles. The van der Waals surface area contributed by atoms with Crippen LogP contribution in [-0.2, 0) is 30.1 Å². The fourth-order valence-electron chi connectivity index (χ4n) is 3.82. The van der Waals surface area contributed by atoms with Gasteiger partial charge in [0.05, 0.1) is 0 Å². The Balaban J connectivity index is 0.00000420. The van der Waals surface area contributed by atoms with Gasteiger partial charge in [0.1, 0.15) is 0 Å². The smallest absolute Gasteiger partial charge is 1.00 e. The van der Waals surface area contributed by atoms with Gasteiger partial charge in [-0.1, -0.05) is 0 Å². The summed E-state index contributed by atoms with van der Waals surface area (Å²) < 4.78 is 17.6. The van der Waals surface area contributed by atoms with E-state index in [1.807, 2.05) is 0 Å². The van der Waals surface area contributed by atoms with Crippen LogP contribution in [0.5, 0.6) is 0 Å². The van der Waals surface area contributed by atoms with Crippen molar-refractivity contribution in [2.45, 2.75) is 78.8 Å². The molecule has 0 fully saturated rings. The van der Waals surface area contributed by atoms with E-state index in [-0.39, 0.29) is 24.8 Å². The van der Waals surface area contributed by atoms with Crippen LogP contribution in [0.15, 0.2) is 42.0 Å². The minimum Gasteiger partial charge on any atom is -1.00 e. The van der Waals surface area contributed by atoms with E-state index >= 15 is 0 Å². The van der Waals surface area contributed by atoms with E-state index in [0.29, 0.717) is 0 Å². The number of hydrogen-bond acceptors (Lipinski definition) is 2. The van der Waals surface area contributed by atoms with Crippen LogP contribution in [-0.4, -0.2) is 33.1 Å². The molecule has 0 radical (unpaired) electrons. The molecule has 30 heavy (non-hydrogen) atoms. The van der Waals surface area contributed by atoms with Crippen LogP contribution >= 0.6 is 0 Å². The second-order valence-electron chi connectivity index (χ2n) is 10.0. The van der Waals surface area contributed by atoms with Crippen LogP contribution in [0.25, 0.3) is 0 Å². The van der Waals surface area contributed by atoms with Gasteiger partial charge in [0.2, 0.25) is 0 Å². The number of rotatable bonds is 10. The van der Waals surface area contributed by atoms with Crippen molar-refractivity contribution in [3.05, 3.63) is 42.0 Å². The zero-order chi connectivity index (χ0) is 20.9. The van der Waals surface area contributed by atoms with Gasteiger partial charge in [-0.3, -0.25) is 0 Å². The quantitative estimate of drug-likeness (QED) is 0.363. The third kappa shape index (κ3) is 10.1. The summed E-state index contributed by atoms with van der Waals surface area (Å²) in [7, 11) is -2.87. The van der Waals surface area contributed by atoms with E-state index in [2.05, 4.69) is 77.4 Å². The standard InChI is InChI=1S/2C10H17OSi.C3H6.2ClH.Zr/c2*1-12(2,3)11-9-8-10-6-4-5-7-10;1-3-2;;;/h2*4,6H,5,8-9H2,1-3H3;1-2H3;2*1H;/q;;;;;+2/p-2. The fourth-order valence-corrected chi connectivity index (χ4v) is 13.3. The van der Waals surface area contributed by atoms with E-state index in [9.17, 15) is 0 Å². The van der Waals surface area contributed by atoms with Gasteiger partial charge in [-0.15, -0.1) is 0 Å². The number of halogens is 2. The van der Waals surface area contributed by atoms with Gasteiger partial charge < -0.3 is 24.8 Å². The van der Waals surface area contributed by atoms with Crippen molar-refractivity contribution in [1.29, 1.82) is 0 Å². The van der Waals surface area contributed by atoms with E-state index in [0.717, 1.165) is 26.1 Å². The van der Waals surface area contributed by atoms with E-state index in [4.69, 9.17) is 8.85 Å². The van der Waals surface area contributed by atoms with E-state index in [1.54, 1.807) is 20.9 Å². The maximum Gasteiger partial charge on any atom is -1.00 e. The maximum atomic E-state index is 6.16. The van der Waals surface area contributed by atoms with Gasteiger partial charge >= 0.3 is 184 Å². The first-order valence-electron chi connectivity index (χ1n) is 10.7. The van der Waals surface area contributed by atoms with Crippen molar-refractivity contribution in [3.63, 3.8) is 0 Å². The maximum absolute atomic E-state index is 6.16. The van der Waals surface area contributed by atoms with Gasteiger partial charge in [0, 0.05) is 0 Å². The predicted octanol–water partition coefficient (Wildman–Crippen LogP) is 0.736. The van der Waals surface area contributed by atoms with E-state index < -0.39 is 37.9 Å². The minimum atomic E-state index is -1.94. The fraction of sp³-hybridized carbons (Fsp3) is 0.609. The molecule has 0 aliphatic heterocycles. The average Bonchev–Trinajstić information content (AvgIpc) is 3.16. The molecule has 2 aliphatic rings. The van der Waals surface area contributed by atoms with Gasteiger partial charge in [-0.2, -0.15) is 0 Å². The Kier molecular flexibility index (Phi) is 13.7. The monoisotopic (exact) mass is 564 g/mol. The molecule has 170 valence electrons. The van der Waals surface area contributed by atoms with Crippen LogP contribution in [0.1, 0.15) is 39.5 Å². The van der Waals surface area contributed by atoms with Gasteiger partial charge in [0.25, 0.3) is 0 Å². The zero-order valence-electron chi connectivity index (χ0n) is 20.1. The Labute approximate surface area is 207 Å². The minimum absolute atomic E-state index is 0. The summed E-state index contributed by atoms with van der Waals surface area (Å²) in [6, 6.07) is 0. The van der Waals surface area contributed by atoms with Gasteiger partial charge in [-0.25, -0.2) is 0 Å². The molecular weight excluding hydrogens is 527 g/mol. The first-order chi connectivity index (χ1) is 13.0. The second kappa shape index (κ2) is 13.4. The normalized spacial score (nSPS) is 15.8. The first-order valence-corrected chi connectivity index (χ1v) is 21.2. The molecule has 0 aromatic rings. The van der Waals surface area contributed by atoms with Crippen LogP contribution < -0.4 is 24.8 Å². The number of hydrogen-bond donors (Lipinski definition) is 0. The van der Waals surface area contributed by atoms with Crippen LogP contribution in [0.4, 0.5) is 0 Å². The van der Waals surface area contributed by atoms with Gasteiger partial charge in [0.15, 0.2) is 0 Å². The molecule has 0 aromatic heterocycles. The molecule has 0 spiro atoms. The molecule has 0 saturated heterocycles. The number of allylic oxidation sites excluding steroid dienone is 6. The Hall–Kier alpha value is 0.647. The van der Waals surface area contributed by atoms with Crippen molar-refractivity contribution in [2.24, 2.45) is 0 Å². The SMILES string of the molecule is C[C](C)=[Zr+2]([C]1=C(CCO[Si](C)(C)C)C=CC1)[C]1=C(CCO[Si](C)(C)C)C=CC1.[Cl-].[Cl-]. The molecule has 0 amide bonds. The molecule has 2 nitrogen and oxygen atoms in total. The summed E-state index contributed by atoms with van der Waals surface area (Å²) >= 11 is -1.94. The predicted molar refractivity (Wildman–Crippen MR) is 126 cm³/mol.